The number of fused-ring (bicyclic) bond motifs is 3. The van der Waals surface area contributed by atoms with E-state index in [-0.39, 0.29) is 30.9 Å². The molecule has 1 aliphatic heterocycles. The average Bonchev–Trinajstić information content (AvgIpc) is 3.54. The molecular weight excluding hydrogens is 533 g/mol. The first-order valence-electron chi connectivity index (χ1n) is 13.9. The first-order valence-corrected chi connectivity index (χ1v) is 13.9. The van der Waals surface area contributed by atoms with Crippen molar-refractivity contribution in [3.8, 4) is 11.5 Å². The normalized spacial score (nSPS) is 18.7. The highest BCUT2D eigenvalue weighted by atomic mass is 19.1. The van der Waals surface area contributed by atoms with Gasteiger partial charge in [-0.3, -0.25) is 0 Å². The number of nitrogens with zero attached hydrogens (tertiary/aromatic N) is 4. The third-order valence-corrected chi connectivity index (χ3v) is 6.93. The molecule has 1 fully saturated rings. The number of carbonyl (C=O) groups excluding carboxylic acids is 2. The predicted molar refractivity (Wildman–Crippen MR) is 148 cm³/mol. The Kier molecular flexibility index (Phi) is 7.92. The molecule has 0 unspecified atom stereocenters. The van der Waals surface area contributed by atoms with E-state index in [1.165, 1.54) is 22.8 Å². The molecule has 220 valence electrons. The molecule has 3 heterocycles. The lowest BCUT2D eigenvalue weighted by atomic mass is 10.1. The monoisotopic (exact) mass is 569 g/mol. The molecule has 2 aromatic heterocycles. The molecule has 0 bridgehead atoms. The molecule has 11 nitrogen and oxygen atoms in total. The molecule has 5 rings (SSSR count). The van der Waals surface area contributed by atoms with Crippen molar-refractivity contribution in [2.45, 2.75) is 84.3 Å². The Bertz CT molecular complexity index is 1440. The van der Waals surface area contributed by atoms with Crippen molar-refractivity contribution >= 4 is 23.5 Å². The first kappa shape index (κ1) is 28.4. The van der Waals surface area contributed by atoms with Gasteiger partial charge in [-0.25, -0.2) is 23.5 Å². The van der Waals surface area contributed by atoms with Crippen molar-refractivity contribution in [2.24, 2.45) is 0 Å². The van der Waals surface area contributed by atoms with E-state index in [9.17, 15) is 14.0 Å². The molecule has 1 aromatic carbocycles. The van der Waals surface area contributed by atoms with Crippen LogP contribution in [0, 0.1) is 5.82 Å². The molecule has 3 aromatic rings. The minimum absolute atomic E-state index is 0.00814. The summed E-state index contributed by atoms with van der Waals surface area (Å²) in [6.07, 6.45) is 4.87. The van der Waals surface area contributed by atoms with Gasteiger partial charge in [-0.05, 0) is 72.1 Å². The van der Waals surface area contributed by atoms with Crippen molar-refractivity contribution in [1.82, 2.24) is 19.9 Å². The maximum Gasteiger partial charge on any atom is 0.407 e. The van der Waals surface area contributed by atoms with Crippen LogP contribution in [0.1, 0.15) is 69.8 Å². The Morgan fingerprint density at radius 1 is 1.27 bits per heavy atom. The Morgan fingerprint density at radius 3 is 2.83 bits per heavy atom. The zero-order valence-electron chi connectivity index (χ0n) is 24.0. The molecule has 41 heavy (non-hydrogen) atoms. The molecule has 1 N–H and O–H groups in total. The summed E-state index contributed by atoms with van der Waals surface area (Å²) in [6.45, 7) is 9.66. The molecular formula is C29H36FN5O6. The minimum atomic E-state index is -0.613. The second-order valence-electron chi connectivity index (χ2n) is 11.3. The summed E-state index contributed by atoms with van der Waals surface area (Å²) in [5, 5.41) is 6.99. The van der Waals surface area contributed by atoms with Crippen LogP contribution < -0.4 is 19.7 Å². The molecule has 0 radical (unpaired) electrons. The van der Waals surface area contributed by atoms with Crippen molar-refractivity contribution in [2.75, 3.05) is 18.1 Å². The molecule has 1 aliphatic carbocycles. The standard InChI is InChI=1S/C29H36FN5O6/c1-6-38-27(36)20-14-32-35-16-24-26(33-25(20)35)34(21-8-7-9-23(21)40-24)15-18-12-19(30)10-11-22(18)39-17(2)13-31-28(37)41-29(3,4)5/h10-12,14,16-17,21,23H,6-9,13,15H2,1-5H3,(H,31,37)/t17-,21+,23-/m0/s1. The Hall–Kier alpha value is -4.09. The third kappa shape index (κ3) is 6.31. The van der Waals surface area contributed by atoms with Gasteiger partial charge in [0.25, 0.3) is 0 Å². The summed E-state index contributed by atoms with van der Waals surface area (Å²) in [4.78, 5) is 31.5. The van der Waals surface area contributed by atoms with E-state index in [0.29, 0.717) is 35.1 Å². The van der Waals surface area contributed by atoms with Crippen molar-refractivity contribution in [1.29, 1.82) is 0 Å². The van der Waals surface area contributed by atoms with Crippen LogP contribution in [-0.2, 0) is 16.0 Å². The van der Waals surface area contributed by atoms with Gasteiger partial charge in [0, 0.05) is 12.1 Å². The third-order valence-electron chi connectivity index (χ3n) is 6.93. The molecule has 0 spiro atoms. The van der Waals surface area contributed by atoms with Crippen LogP contribution in [0.15, 0.2) is 30.6 Å². The van der Waals surface area contributed by atoms with E-state index in [1.807, 2.05) is 6.92 Å². The van der Waals surface area contributed by atoms with E-state index >= 15 is 0 Å². The van der Waals surface area contributed by atoms with Gasteiger partial charge in [-0.2, -0.15) is 5.10 Å². The summed E-state index contributed by atoms with van der Waals surface area (Å²) >= 11 is 0. The van der Waals surface area contributed by atoms with Crippen LogP contribution in [0.25, 0.3) is 5.65 Å². The quantitative estimate of drug-likeness (QED) is 0.387. The molecule has 1 saturated carbocycles. The van der Waals surface area contributed by atoms with Crippen LogP contribution in [0.3, 0.4) is 0 Å². The number of alkyl carbamates (subject to hydrolysis) is 1. The van der Waals surface area contributed by atoms with Gasteiger partial charge in [-0.1, -0.05) is 0 Å². The summed E-state index contributed by atoms with van der Waals surface area (Å²) in [5.41, 5.74) is 0.612. The lowest BCUT2D eigenvalue weighted by Gasteiger charge is -2.39. The summed E-state index contributed by atoms with van der Waals surface area (Å²) in [7, 11) is 0. The Balaban J connectivity index is 1.42. The largest absolute Gasteiger partial charge is 0.489 e. The molecule has 3 atom stereocenters. The smallest absolute Gasteiger partial charge is 0.407 e. The molecule has 1 amide bonds. The zero-order valence-corrected chi connectivity index (χ0v) is 24.0. The first-order chi connectivity index (χ1) is 19.5. The van der Waals surface area contributed by atoms with Gasteiger partial charge >= 0.3 is 12.1 Å². The number of halogens is 1. The average molecular weight is 570 g/mol. The number of hydrogen-bond acceptors (Lipinski definition) is 9. The van der Waals surface area contributed by atoms with E-state index in [4.69, 9.17) is 23.9 Å². The number of esters is 1. The zero-order chi connectivity index (χ0) is 29.3. The SMILES string of the molecule is CCOC(=O)c1cnn2cc3c(nc12)N(Cc1cc(F)ccc1O[C@@H](C)CNC(=O)OC(C)(C)C)[C@@H]1CCC[C@@H]1O3. The number of carbonyl (C=O) groups is 2. The molecule has 2 aliphatic rings. The highest BCUT2D eigenvalue weighted by Gasteiger charge is 2.41. The van der Waals surface area contributed by atoms with Gasteiger partial charge in [0.1, 0.15) is 34.9 Å². The van der Waals surface area contributed by atoms with Gasteiger partial charge in [-0.15, -0.1) is 0 Å². The van der Waals surface area contributed by atoms with Crippen molar-refractivity contribution in [3.63, 3.8) is 0 Å². The van der Waals surface area contributed by atoms with Crippen LogP contribution in [0.4, 0.5) is 15.0 Å². The Morgan fingerprint density at radius 2 is 2.07 bits per heavy atom. The van der Waals surface area contributed by atoms with Crippen LogP contribution in [0.2, 0.25) is 0 Å². The van der Waals surface area contributed by atoms with E-state index in [2.05, 4.69) is 15.3 Å². The number of nitrogens with one attached hydrogen (secondary N) is 1. The predicted octanol–water partition coefficient (Wildman–Crippen LogP) is 4.66. The maximum absolute atomic E-state index is 14.5. The number of benzene rings is 1. The van der Waals surface area contributed by atoms with Gasteiger partial charge < -0.3 is 29.2 Å². The van der Waals surface area contributed by atoms with Crippen LogP contribution in [-0.4, -0.2) is 63.7 Å². The number of ether oxygens (including phenoxy) is 4. The summed E-state index contributed by atoms with van der Waals surface area (Å²) in [6, 6.07) is 4.39. The highest BCUT2D eigenvalue weighted by Crippen LogP contribution is 2.42. The van der Waals surface area contributed by atoms with Crippen molar-refractivity contribution in [3.05, 3.63) is 47.5 Å². The van der Waals surface area contributed by atoms with Crippen LogP contribution >= 0.6 is 0 Å². The fourth-order valence-electron chi connectivity index (χ4n) is 5.21. The lowest BCUT2D eigenvalue weighted by Crippen LogP contribution is -2.47. The van der Waals surface area contributed by atoms with Crippen molar-refractivity contribution < 1.29 is 32.9 Å². The fourth-order valence-corrected chi connectivity index (χ4v) is 5.21. The Labute approximate surface area is 237 Å². The number of rotatable bonds is 8. The topological polar surface area (TPSA) is 117 Å². The number of aromatic nitrogens is 3. The van der Waals surface area contributed by atoms with E-state index < -0.39 is 29.6 Å². The van der Waals surface area contributed by atoms with Gasteiger partial charge in [0.05, 0.1) is 31.6 Å². The second kappa shape index (κ2) is 11.4. The minimum Gasteiger partial charge on any atom is -0.489 e. The van der Waals surface area contributed by atoms with E-state index in [0.717, 1.165) is 19.3 Å². The number of anilines is 1. The van der Waals surface area contributed by atoms with E-state index in [1.54, 1.807) is 40.0 Å². The number of amides is 1. The molecule has 12 heteroatoms. The van der Waals surface area contributed by atoms with Crippen LogP contribution in [0.5, 0.6) is 11.5 Å². The maximum atomic E-state index is 14.5. The summed E-state index contributed by atoms with van der Waals surface area (Å²) < 4.78 is 39.0. The van der Waals surface area contributed by atoms with Gasteiger partial charge in [0.2, 0.25) is 0 Å². The van der Waals surface area contributed by atoms with Gasteiger partial charge in [0.15, 0.2) is 17.2 Å². The lowest BCUT2D eigenvalue weighted by molar-refractivity contribution is 0.0501. The second-order valence-corrected chi connectivity index (χ2v) is 11.3. The fraction of sp³-hybridized carbons (Fsp3) is 0.517. The molecule has 0 saturated heterocycles. The summed E-state index contributed by atoms with van der Waals surface area (Å²) in [5.74, 6) is 0.665. The number of hydrogen-bond donors (Lipinski definition) is 1. The highest BCUT2D eigenvalue weighted by molar-refractivity contribution is 5.96.